The third-order valence-electron chi connectivity index (χ3n) is 3.81. The van der Waals surface area contributed by atoms with Crippen molar-refractivity contribution in [1.82, 2.24) is 10.2 Å². The van der Waals surface area contributed by atoms with Gasteiger partial charge in [0.1, 0.15) is 0 Å². The van der Waals surface area contributed by atoms with Crippen molar-refractivity contribution in [1.29, 1.82) is 0 Å². The largest absolute Gasteiger partial charge is 0.354 e. The van der Waals surface area contributed by atoms with E-state index < -0.39 is 0 Å². The topological polar surface area (TPSA) is 66.5 Å². The second kappa shape index (κ2) is 6.84. The number of halogens is 1. The van der Waals surface area contributed by atoms with Gasteiger partial charge in [-0.1, -0.05) is 35.9 Å². The molecule has 1 aliphatic rings. The Morgan fingerprint density at radius 2 is 1.54 bits per heavy atom. The lowest BCUT2D eigenvalue weighted by molar-refractivity contribution is -0.120. The van der Waals surface area contributed by atoms with Crippen molar-refractivity contribution in [3.8, 4) is 0 Å². The Hall–Kier alpha value is -2.66. The summed E-state index contributed by atoms with van der Waals surface area (Å²) < 4.78 is 0. The Kier molecular flexibility index (Phi) is 4.62. The number of nitrogens with one attached hydrogen (secondary N) is 1. The molecule has 0 bridgehead atoms. The maximum absolute atomic E-state index is 12.2. The van der Waals surface area contributed by atoms with Crippen LogP contribution >= 0.6 is 11.6 Å². The molecule has 6 heteroatoms. The maximum Gasteiger partial charge on any atom is 0.261 e. The third kappa shape index (κ3) is 3.31. The van der Waals surface area contributed by atoms with Crippen LogP contribution in [0.25, 0.3) is 0 Å². The molecule has 0 aliphatic carbocycles. The predicted octanol–water partition coefficient (Wildman–Crippen LogP) is 2.29. The van der Waals surface area contributed by atoms with Gasteiger partial charge in [0.15, 0.2) is 0 Å². The van der Waals surface area contributed by atoms with E-state index in [0.29, 0.717) is 16.1 Å². The SMILES string of the molecule is O=C(Cc1ccc(Cl)cc1)NCCN1C(=O)c2ccccc2C1=O. The van der Waals surface area contributed by atoms with Gasteiger partial charge in [-0.15, -0.1) is 0 Å². The van der Waals surface area contributed by atoms with Crippen molar-refractivity contribution in [3.63, 3.8) is 0 Å². The highest BCUT2D eigenvalue weighted by atomic mass is 35.5. The molecule has 0 atom stereocenters. The lowest BCUT2D eigenvalue weighted by Crippen LogP contribution is -2.38. The summed E-state index contributed by atoms with van der Waals surface area (Å²) >= 11 is 5.80. The summed E-state index contributed by atoms with van der Waals surface area (Å²) in [6.45, 7) is 0.372. The van der Waals surface area contributed by atoms with E-state index in [1.165, 1.54) is 0 Å². The number of amides is 3. The minimum absolute atomic E-state index is 0.151. The highest BCUT2D eigenvalue weighted by molar-refractivity contribution is 6.30. The molecule has 0 fully saturated rings. The summed E-state index contributed by atoms with van der Waals surface area (Å²) in [6.07, 6.45) is 0.222. The molecular formula is C18H15ClN2O3. The van der Waals surface area contributed by atoms with Crippen LogP contribution in [0.3, 0.4) is 0 Å². The van der Waals surface area contributed by atoms with Crippen LogP contribution < -0.4 is 5.32 Å². The van der Waals surface area contributed by atoms with Crippen LogP contribution in [0.1, 0.15) is 26.3 Å². The standard InChI is InChI=1S/C18H15ClN2O3/c19-13-7-5-12(6-8-13)11-16(22)20-9-10-21-17(23)14-3-1-2-4-15(14)18(21)24/h1-8H,9-11H2,(H,20,22). The van der Waals surface area contributed by atoms with E-state index >= 15 is 0 Å². The number of nitrogens with zero attached hydrogens (tertiary/aromatic N) is 1. The minimum Gasteiger partial charge on any atom is -0.354 e. The molecule has 0 spiro atoms. The molecule has 1 aliphatic heterocycles. The van der Waals surface area contributed by atoms with Crippen molar-refractivity contribution >= 4 is 29.3 Å². The molecule has 0 saturated carbocycles. The molecule has 1 heterocycles. The van der Waals surface area contributed by atoms with Crippen LogP contribution in [0, 0.1) is 0 Å². The average molecular weight is 343 g/mol. The highest BCUT2D eigenvalue weighted by Gasteiger charge is 2.34. The van der Waals surface area contributed by atoms with Crippen LogP contribution in [0.15, 0.2) is 48.5 Å². The number of benzene rings is 2. The molecule has 0 radical (unpaired) electrons. The lowest BCUT2D eigenvalue weighted by atomic mass is 10.1. The monoisotopic (exact) mass is 342 g/mol. The Morgan fingerprint density at radius 3 is 2.12 bits per heavy atom. The van der Waals surface area contributed by atoms with Gasteiger partial charge < -0.3 is 5.32 Å². The molecular weight excluding hydrogens is 328 g/mol. The van der Waals surface area contributed by atoms with Gasteiger partial charge in [0, 0.05) is 18.1 Å². The lowest BCUT2D eigenvalue weighted by Gasteiger charge is -2.14. The molecule has 1 N–H and O–H groups in total. The van der Waals surface area contributed by atoms with Gasteiger partial charge in [-0.25, -0.2) is 0 Å². The van der Waals surface area contributed by atoms with Gasteiger partial charge >= 0.3 is 0 Å². The van der Waals surface area contributed by atoms with Crippen molar-refractivity contribution < 1.29 is 14.4 Å². The predicted molar refractivity (Wildman–Crippen MR) is 90.0 cm³/mol. The third-order valence-corrected chi connectivity index (χ3v) is 4.07. The summed E-state index contributed by atoms with van der Waals surface area (Å²) in [7, 11) is 0. The van der Waals surface area contributed by atoms with E-state index in [4.69, 9.17) is 11.6 Å². The number of rotatable bonds is 5. The quantitative estimate of drug-likeness (QED) is 0.848. The van der Waals surface area contributed by atoms with Gasteiger partial charge in [-0.05, 0) is 29.8 Å². The van der Waals surface area contributed by atoms with Crippen molar-refractivity contribution in [2.24, 2.45) is 0 Å². The molecule has 3 rings (SSSR count). The summed E-state index contributed by atoms with van der Waals surface area (Å²) in [5.41, 5.74) is 1.67. The molecule has 2 aromatic rings. The Bertz CT molecular complexity index is 767. The van der Waals surface area contributed by atoms with E-state index in [9.17, 15) is 14.4 Å². The van der Waals surface area contributed by atoms with Crippen LogP contribution in [-0.2, 0) is 11.2 Å². The van der Waals surface area contributed by atoms with E-state index in [1.807, 2.05) is 0 Å². The fraction of sp³-hybridized carbons (Fsp3) is 0.167. The number of hydrogen-bond acceptors (Lipinski definition) is 3. The van der Waals surface area contributed by atoms with Gasteiger partial charge in [-0.3, -0.25) is 19.3 Å². The first-order valence-corrected chi connectivity index (χ1v) is 7.90. The smallest absolute Gasteiger partial charge is 0.261 e. The molecule has 24 heavy (non-hydrogen) atoms. The summed E-state index contributed by atoms with van der Waals surface area (Å²) in [4.78, 5) is 37.5. The molecule has 2 aromatic carbocycles. The van der Waals surface area contributed by atoms with E-state index in [1.54, 1.807) is 48.5 Å². The zero-order chi connectivity index (χ0) is 17.1. The number of carbonyl (C=O) groups is 3. The molecule has 3 amide bonds. The van der Waals surface area contributed by atoms with Crippen molar-refractivity contribution in [2.75, 3.05) is 13.1 Å². The summed E-state index contributed by atoms with van der Waals surface area (Å²) in [5.74, 6) is -0.806. The molecule has 0 aromatic heterocycles. The Labute approximate surface area is 144 Å². The van der Waals surface area contributed by atoms with Gasteiger partial charge in [0.05, 0.1) is 17.5 Å². The van der Waals surface area contributed by atoms with Crippen LogP contribution in [0.4, 0.5) is 0 Å². The number of fused-ring (bicyclic) bond motifs is 1. The van der Waals surface area contributed by atoms with Crippen molar-refractivity contribution in [3.05, 3.63) is 70.2 Å². The van der Waals surface area contributed by atoms with Crippen LogP contribution in [0.2, 0.25) is 5.02 Å². The van der Waals surface area contributed by atoms with E-state index in [-0.39, 0.29) is 37.2 Å². The average Bonchev–Trinajstić information content (AvgIpc) is 2.82. The van der Waals surface area contributed by atoms with E-state index in [0.717, 1.165) is 10.5 Å². The fourth-order valence-corrected chi connectivity index (χ4v) is 2.73. The van der Waals surface area contributed by atoms with Crippen molar-refractivity contribution in [2.45, 2.75) is 6.42 Å². The first-order chi connectivity index (χ1) is 11.6. The Morgan fingerprint density at radius 1 is 0.958 bits per heavy atom. The summed E-state index contributed by atoms with van der Waals surface area (Å²) in [5, 5.41) is 3.34. The Balaban J connectivity index is 1.52. The van der Waals surface area contributed by atoms with E-state index in [2.05, 4.69) is 5.32 Å². The zero-order valence-electron chi connectivity index (χ0n) is 12.8. The van der Waals surface area contributed by atoms with Gasteiger partial charge in [0.2, 0.25) is 5.91 Å². The molecule has 5 nitrogen and oxygen atoms in total. The molecule has 122 valence electrons. The number of carbonyl (C=O) groups excluding carboxylic acids is 3. The molecule has 0 unspecified atom stereocenters. The highest BCUT2D eigenvalue weighted by Crippen LogP contribution is 2.21. The second-order valence-electron chi connectivity index (χ2n) is 5.46. The first-order valence-electron chi connectivity index (χ1n) is 7.52. The van der Waals surface area contributed by atoms with Crippen LogP contribution in [0.5, 0.6) is 0 Å². The zero-order valence-corrected chi connectivity index (χ0v) is 13.5. The maximum atomic E-state index is 12.2. The minimum atomic E-state index is -0.317. The normalized spacial score (nSPS) is 13.1. The van der Waals surface area contributed by atoms with Gasteiger partial charge in [0.25, 0.3) is 11.8 Å². The fourth-order valence-electron chi connectivity index (χ4n) is 2.60. The summed E-state index contributed by atoms with van der Waals surface area (Å²) in [6, 6.07) is 13.7. The molecule has 0 saturated heterocycles. The van der Waals surface area contributed by atoms with Gasteiger partial charge in [-0.2, -0.15) is 0 Å². The number of hydrogen-bond donors (Lipinski definition) is 1. The van der Waals surface area contributed by atoms with Crippen LogP contribution in [-0.4, -0.2) is 35.7 Å². The first kappa shape index (κ1) is 16.2. The second-order valence-corrected chi connectivity index (χ2v) is 5.90. The number of imide groups is 1.